The number of Topliss-reactive ketones (excluding diaryl/α,β-unsaturated/α-hetero) is 1. The predicted octanol–water partition coefficient (Wildman–Crippen LogP) is 3.16. The Morgan fingerprint density at radius 3 is 3.06 bits per heavy atom. The highest BCUT2D eigenvalue weighted by molar-refractivity contribution is 7.11. The van der Waals surface area contributed by atoms with Gasteiger partial charge in [0.1, 0.15) is 12.4 Å². The second-order valence-corrected chi connectivity index (χ2v) is 5.70. The highest BCUT2D eigenvalue weighted by Gasteiger charge is 2.19. The quantitative estimate of drug-likeness (QED) is 0.850. The molecule has 1 aromatic heterocycles. The average molecular weight is 259 g/mol. The molecule has 3 rings (SSSR count). The summed E-state index contributed by atoms with van der Waals surface area (Å²) in [6.45, 7) is 2.52. The van der Waals surface area contributed by atoms with Crippen molar-refractivity contribution in [2.75, 3.05) is 0 Å². The molecule has 0 saturated carbocycles. The van der Waals surface area contributed by atoms with Crippen LogP contribution in [0.2, 0.25) is 0 Å². The van der Waals surface area contributed by atoms with E-state index in [2.05, 4.69) is 4.98 Å². The summed E-state index contributed by atoms with van der Waals surface area (Å²) in [5, 5.41) is 1.05. The van der Waals surface area contributed by atoms with E-state index >= 15 is 0 Å². The molecular weight excluding hydrogens is 246 g/mol. The molecule has 2 aromatic rings. The van der Waals surface area contributed by atoms with Crippen LogP contribution in [0.15, 0.2) is 24.4 Å². The zero-order valence-electron chi connectivity index (χ0n) is 10.1. The molecule has 0 N–H and O–H groups in total. The molecule has 3 nitrogen and oxygen atoms in total. The molecule has 1 heterocycles. The van der Waals surface area contributed by atoms with Gasteiger partial charge in [0.25, 0.3) is 0 Å². The zero-order chi connectivity index (χ0) is 12.5. The Hall–Kier alpha value is -1.68. The van der Waals surface area contributed by atoms with Gasteiger partial charge in [0.2, 0.25) is 0 Å². The first-order valence-electron chi connectivity index (χ1n) is 5.92. The minimum Gasteiger partial charge on any atom is -0.488 e. The van der Waals surface area contributed by atoms with E-state index in [4.69, 9.17) is 4.74 Å². The van der Waals surface area contributed by atoms with Gasteiger partial charge in [-0.3, -0.25) is 4.79 Å². The number of hydrogen-bond acceptors (Lipinski definition) is 4. The third-order valence-electron chi connectivity index (χ3n) is 3.05. The molecule has 18 heavy (non-hydrogen) atoms. The fraction of sp³-hybridized carbons (Fsp3) is 0.286. The van der Waals surface area contributed by atoms with Gasteiger partial charge in [0, 0.05) is 18.2 Å². The zero-order valence-corrected chi connectivity index (χ0v) is 10.9. The number of ether oxygens (including phenoxy) is 1. The number of thiazole rings is 1. The van der Waals surface area contributed by atoms with Crippen LogP contribution in [-0.2, 0) is 13.0 Å². The number of aryl methyl sites for hydroxylation is 2. The summed E-state index contributed by atoms with van der Waals surface area (Å²) in [6, 6.07) is 5.72. The maximum absolute atomic E-state index is 11.5. The first-order chi connectivity index (χ1) is 8.72. The van der Waals surface area contributed by atoms with E-state index < -0.39 is 0 Å². The van der Waals surface area contributed by atoms with Gasteiger partial charge in [-0.2, -0.15) is 0 Å². The Bertz CT molecular complexity index is 604. The summed E-state index contributed by atoms with van der Waals surface area (Å²) in [5.74, 6) is 1.07. The Balaban J connectivity index is 1.72. The Morgan fingerprint density at radius 1 is 1.39 bits per heavy atom. The van der Waals surface area contributed by atoms with Gasteiger partial charge in [-0.25, -0.2) is 4.98 Å². The van der Waals surface area contributed by atoms with E-state index in [1.807, 2.05) is 31.3 Å². The number of carbonyl (C=O) groups excluding carboxylic acids is 1. The number of benzene rings is 1. The largest absolute Gasteiger partial charge is 0.488 e. The first kappa shape index (κ1) is 11.4. The lowest BCUT2D eigenvalue weighted by Crippen LogP contribution is -1.95. The van der Waals surface area contributed by atoms with Crippen molar-refractivity contribution in [3.05, 3.63) is 45.4 Å². The predicted molar refractivity (Wildman–Crippen MR) is 70.3 cm³/mol. The van der Waals surface area contributed by atoms with E-state index in [0.29, 0.717) is 13.0 Å². The molecule has 1 aromatic carbocycles. The standard InChI is InChI=1S/C14H13NO2S/c1-9-15-7-12(18-9)8-17-11-3-4-13-10(6-11)2-5-14(13)16/h3-4,6-7H,2,5,8H2,1H3. The number of rotatable bonds is 3. The summed E-state index contributed by atoms with van der Waals surface area (Å²) in [7, 11) is 0. The Kier molecular flexibility index (Phi) is 2.88. The summed E-state index contributed by atoms with van der Waals surface area (Å²) >= 11 is 1.64. The smallest absolute Gasteiger partial charge is 0.163 e. The molecule has 0 unspecified atom stereocenters. The molecule has 0 bridgehead atoms. The molecule has 0 amide bonds. The summed E-state index contributed by atoms with van der Waals surface area (Å²) < 4.78 is 5.73. The van der Waals surface area contributed by atoms with Crippen molar-refractivity contribution in [1.82, 2.24) is 4.98 Å². The maximum Gasteiger partial charge on any atom is 0.163 e. The van der Waals surface area contributed by atoms with Gasteiger partial charge in [0.15, 0.2) is 5.78 Å². The third-order valence-corrected chi connectivity index (χ3v) is 3.94. The topological polar surface area (TPSA) is 39.2 Å². The Labute approximate surface area is 109 Å². The number of nitrogens with zero attached hydrogens (tertiary/aromatic N) is 1. The molecule has 92 valence electrons. The lowest BCUT2D eigenvalue weighted by atomic mass is 10.1. The molecule has 1 aliphatic carbocycles. The van der Waals surface area contributed by atoms with E-state index in [1.54, 1.807) is 11.3 Å². The Morgan fingerprint density at radius 2 is 2.28 bits per heavy atom. The van der Waals surface area contributed by atoms with Gasteiger partial charge in [-0.15, -0.1) is 11.3 Å². The minimum atomic E-state index is 0.245. The van der Waals surface area contributed by atoms with Gasteiger partial charge in [-0.05, 0) is 37.1 Å². The molecule has 0 fully saturated rings. The van der Waals surface area contributed by atoms with Crippen LogP contribution < -0.4 is 4.74 Å². The van der Waals surface area contributed by atoms with Gasteiger partial charge < -0.3 is 4.74 Å². The molecule has 0 spiro atoms. The van der Waals surface area contributed by atoms with Crippen molar-refractivity contribution >= 4 is 17.1 Å². The molecular formula is C14H13NO2S. The number of ketones is 1. The van der Waals surface area contributed by atoms with Crippen LogP contribution in [0.1, 0.15) is 32.2 Å². The molecule has 0 saturated heterocycles. The highest BCUT2D eigenvalue weighted by atomic mass is 32.1. The van der Waals surface area contributed by atoms with Crippen molar-refractivity contribution in [2.45, 2.75) is 26.4 Å². The number of carbonyl (C=O) groups is 1. The number of aromatic nitrogens is 1. The van der Waals surface area contributed by atoms with Crippen molar-refractivity contribution in [3.8, 4) is 5.75 Å². The molecule has 4 heteroatoms. The van der Waals surface area contributed by atoms with Crippen LogP contribution in [0.25, 0.3) is 0 Å². The third kappa shape index (κ3) is 2.16. The van der Waals surface area contributed by atoms with Gasteiger partial charge in [-0.1, -0.05) is 0 Å². The highest BCUT2D eigenvalue weighted by Crippen LogP contribution is 2.26. The van der Waals surface area contributed by atoms with Crippen LogP contribution in [0.3, 0.4) is 0 Å². The van der Waals surface area contributed by atoms with Gasteiger partial charge >= 0.3 is 0 Å². The van der Waals surface area contributed by atoms with E-state index in [9.17, 15) is 4.79 Å². The van der Waals surface area contributed by atoms with Crippen molar-refractivity contribution in [3.63, 3.8) is 0 Å². The van der Waals surface area contributed by atoms with Crippen molar-refractivity contribution in [2.24, 2.45) is 0 Å². The second-order valence-electron chi connectivity index (χ2n) is 4.38. The van der Waals surface area contributed by atoms with Crippen LogP contribution in [0, 0.1) is 6.92 Å². The van der Waals surface area contributed by atoms with Crippen LogP contribution in [0.5, 0.6) is 5.75 Å². The number of hydrogen-bond donors (Lipinski definition) is 0. The molecule has 1 aliphatic rings. The first-order valence-corrected chi connectivity index (χ1v) is 6.74. The molecule has 0 atom stereocenters. The van der Waals surface area contributed by atoms with Crippen molar-refractivity contribution < 1.29 is 9.53 Å². The normalized spacial score (nSPS) is 13.7. The summed E-state index contributed by atoms with van der Waals surface area (Å²) in [4.78, 5) is 16.8. The molecule has 0 radical (unpaired) electrons. The SMILES string of the molecule is Cc1ncc(COc2ccc3c(c2)CCC3=O)s1. The van der Waals surface area contributed by atoms with E-state index in [1.165, 1.54) is 0 Å². The maximum atomic E-state index is 11.5. The molecule has 0 aliphatic heterocycles. The number of fused-ring (bicyclic) bond motifs is 1. The van der Waals surface area contributed by atoms with Crippen LogP contribution >= 0.6 is 11.3 Å². The van der Waals surface area contributed by atoms with Gasteiger partial charge in [0.05, 0.1) is 9.88 Å². The van der Waals surface area contributed by atoms with E-state index in [-0.39, 0.29) is 5.78 Å². The van der Waals surface area contributed by atoms with Crippen LogP contribution in [-0.4, -0.2) is 10.8 Å². The van der Waals surface area contributed by atoms with Crippen LogP contribution in [0.4, 0.5) is 0 Å². The fourth-order valence-corrected chi connectivity index (χ4v) is 2.86. The lowest BCUT2D eigenvalue weighted by Gasteiger charge is -2.06. The summed E-state index contributed by atoms with van der Waals surface area (Å²) in [6.07, 6.45) is 3.31. The summed E-state index contributed by atoms with van der Waals surface area (Å²) in [5.41, 5.74) is 1.97. The van der Waals surface area contributed by atoms with E-state index in [0.717, 1.165) is 33.2 Å². The lowest BCUT2D eigenvalue weighted by molar-refractivity contribution is 0.0994. The average Bonchev–Trinajstić information content (AvgIpc) is 2.94. The minimum absolute atomic E-state index is 0.245. The monoisotopic (exact) mass is 259 g/mol. The van der Waals surface area contributed by atoms with Crippen molar-refractivity contribution in [1.29, 1.82) is 0 Å². The fourth-order valence-electron chi connectivity index (χ4n) is 2.15. The second kappa shape index (κ2) is 4.53.